The molecule has 1 saturated heterocycles. The van der Waals surface area contributed by atoms with Gasteiger partial charge in [-0.3, -0.25) is 0 Å². The van der Waals surface area contributed by atoms with Crippen LogP contribution < -0.4 is 4.90 Å². The number of nitrogens with zero attached hydrogens (tertiary/aromatic N) is 1. The van der Waals surface area contributed by atoms with Gasteiger partial charge < -0.3 is 4.90 Å². The zero-order valence-electron chi connectivity index (χ0n) is 15.9. The lowest BCUT2D eigenvalue weighted by Crippen LogP contribution is -2.41. The Morgan fingerprint density at radius 3 is 2.46 bits per heavy atom. The molecule has 1 heterocycles. The molecule has 1 fully saturated rings. The predicted molar refractivity (Wildman–Crippen MR) is 109 cm³/mol. The lowest BCUT2D eigenvalue weighted by molar-refractivity contribution is -0.175. The highest BCUT2D eigenvalue weighted by molar-refractivity contribution is 6.09. The minimum atomic E-state index is -4.11. The van der Waals surface area contributed by atoms with Crippen molar-refractivity contribution in [3.05, 3.63) is 53.6 Å². The van der Waals surface area contributed by atoms with E-state index in [-0.39, 0.29) is 13.0 Å². The van der Waals surface area contributed by atoms with E-state index in [1.807, 2.05) is 11.0 Å². The standard InChI is InChI=1S/C24H24F3N/c25-24(26,27)18-5-3-13-28(15-18)19-9-12-21-17(14-19)8-11-22-20-6-2-1-4-16(20)7-10-23(21)22/h7-12,14,18H,1-6,13,15H2. The van der Waals surface area contributed by atoms with Crippen LogP contribution in [0, 0.1) is 5.92 Å². The molecule has 3 aromatic rings. The molecule has 1 aliphatic carbocycles. The predicted octanol–water partition coefficient (Wildman–Crippen LogP) is 6.65. The number of rotatable bonds is 1. The first kappa shape index (κ1) is 17.8. The first-order valence-corrected chi connectivity index (χ1v) is 10.3. The van der Waals surface area contributed by atoms with Gasteiger partial charge in [-0.25, -0.2) is 0 Å². The van der Waals surface area contributed by atoms with E-state index in [2.05, 4.69) is 36.4 Å². The average Bonchev–Trinajstić information content (AvgIpc) is 2.72. The molecule has 0 amide bonds. The Hall–Kier alpha value is -2.23. The van der Waals surface area contributed by atoms with E-state index in [0.717, 1.165) is 23.9 Å². The summed E-state index contributed by atoms with van der Waals surface area (Å²) in [6, 6.07) is 15.0. The third kappa shape index (κ3) is 3.03. The van der Waals surface area contributed by atoms with E-state index >= 15 is 0 Å². The van der Waals surface area contributed by atoms with Gasteiger partial charge in [0.25, 0.3) is 0 Å². The molecule has 0 aromatic heterocycles. The van der Waals surface area contributed by atoms with Gasteiger partial charge in [0, 0.05) is 18.8 Å². The fourth-order valence-corrected chi connectivity index (χ4v) is 5.06. The summed E-state index contributed by atoms with van der Waals surface area (Å²) in [5, 5.41) is 4.90. The number of hydrogen-bond acceptors (Lipinski definition) is 1. The highest BCUT2D eigenvalue weighted by Gasteiger charge is 2.41. The van der Waals surface area contributed by atoms with Crippen LogP contribution >= 0.6 is 0 Å². The van der Waals surface area contributed by atoms with Crippen molar-refractivity contribution in [1.82, 2.24) is 0 Å². The number of benzene rings is 3. The van der Waals surface area contributed by atoms with Crippen molar-refractivity contribution in [3.8, 4) is 0 Å². The molecule has 1 nitrogen and oxygen atoms in total. The molecule has 1 atom stereocenters. The number of alkyl halides is 3. The maximum absolute atomic E-state index is 13.2. The molecular weight excluding hydrogens is 359 g/mol. The number of hydrogen-bond donors (Lipinski definition) is 0. The third-order valence-corrected chi connectivity index (χ3v) is 6.58. The second-order valence-electron chi connectivity index (χ2n) is 8.30. The van der Waals surface area contributed by atoms with Gasteiger partial charge in [-0.1, -0.05) is 30.3 Å². The summed E-state index contributed by atoms with van der Waals surface area (Å²) in [7, 11) is 0. The zero-order chi connectivity index (χ0) is 19.3. The SMILES string of the molecule is FC(F)(F)C1CCCN(c2ccc3c(ccc4c5c(ccc43)CCCC5)c2)C1. The van der Waals surface area contributed by atoms with Crippen LogP contribution in [0.5, 0.6) is 0 Å². The number of aryl methyl sites for hydroxylation is 2. The second-order valence-corrected chi connectivity index (χ2v) is 8.30. The topological polar surface area (TPSA) is 3.24 Å². The summed E-state index contributed by atoms with van der Waals surface area (Å²) in [5.41, 5.74) is 3.86. The monoisotopic (exact) mass is 383 g/mol. The summed E-state index contributed by atoms with van der Waals surface area (Å²) in [4.78, 5) is 1.90. The van der Waals surface area contributed by atoms with Crippen molar-refractivity contribution in [3.63, 3.8) is 0 Å². The summed E-state index contributed by atoms with van der Waals surface area (Å²) in [6.07, 6.45) is 1.54. The van der Waals surface area contributed by atoms with Gasteiger partial charge in [0.05, 0.1) is 5.92 Å². The van der Waals surface area contributed by atoms with Crippen LogP contribution in [0.4, 0.5) is 18.9 Å². The molecule has 0 N–H and O–H groups in total. The second kappa shape index (κ2) is 6.68. The van der Waals surface area contributed by atoms with Gasteiger partial charge in [0.1, 0.15) is 0 Å². The van der Waals surface area contributed by atoms with Gasteiger partial charge in [-0.2, -0.15) is 13.2 Å². The smallest absolute Gasteiger partial charge is 0.371 e. The average molecular weight is 383 g/mol. The lowest BCUT2D eigenvalue weighted by Gasteiger charge is -2.35. The molecule has 0 saturated carbocycles. The van der Waals surface area contributed by atoms with Crippen LogP contribution in [0.1, 0.15) is 36.8 Å². The summed E-state index contributed by atoms with van der Waals surface area (Å²) in [6.45, 7) is 0.759. The fourth-order valence-electron chi connectivity index (χ4n) is 5.06. The van der Waals surface area contributed by atoms with E-state index in [9.17, 15) is 13.2 Å². The van der Waals surface area contributed by atoms with E-state index in [0.29, 0.717) is 13.0 Å². The van der Waals surface area contributed by atoms with Crippen molar-refractivity contribution >= 4 is 27.2 Å². The van der Waals surface area contributed by atoms with Gasteiger partial charge in [0.2, 0.25) is 0 Å². The summed E-state index contributed by atoms with van der Waals surface area (Å²) >= 11 is 0. The van der Waals surface area contributed by atoms with Gasteiger partial charge in [-0.05, 0) is 83.3 Å². The summed E-state index contributed by atoms with van der Waals surface area (Å²) < 4.78 is 39.5. The number of fused-ring (bicyclic) bond motifs is 5. The molecule has 28 heavy (non-hydrogen) atoms. The fraction of sp³-hybridized carbons (Fsp3) is 0.417. The minimum absolute atomic E-state index is 0.0656. The number of anilines is 1. The molecule has 0 bridgehead atoms. The van der Waals surface area contributed by atoms with Crippen LogP contribution in [-0.4, -0.2) is 19.3 Å². The zero-order valence-corrected chi connectivity index (χ0v) is 15.9. The molecule has 3 aromatic carbocycles. The quantitative estimate of drug-likeness (QED) is 0.425. The maximum Gasteiger partial charge on any atom is 0.393 e. The highest BCUT2D eigenvalue weighted by atomic mass is 19.4. The van der Waals surface area contributed by atoms with Crippen molar-refractivity contribution in [1.29, 1.82) is 0 Å². The Balaban J connectivity index is 1.54. The first-order chi connectivity index (χ1) is 13.5. The van der Waals surface area contributed by atoms with Crippen molar-refractivity contribution in [2.45, 2.75) is 44.7 Å². The van der Waals surface area contributed by atoms with Gasteiger partial charge >= 0.3 is 6.18 Å². The third-order valence-electron chi connectivity index (χ3n) is 6.58. The van der Waals surface area contributed by atoms with Crippen LogP contribution in [-0.2, 0) is 12.8 Å². The molecule has 2 aliphatic rings. The van der Waals surface area contributed by atoms with Crippen LogP contribution in [0.15, 0.2) is 42.5 Å². The molecule has 1 unspecified atom stereocenters. The molecule has 4 heteroatoms. The number of halogens is 3. The molecule has 1 aliphatic heterocycles. The summed E-state index contributed by atoms with van der Waals surface area (Å²) in [5.74, 6) is -1.22. The normalized spacial score (nSPS) is 20.5. The van der Waals surface area contributed by atoms with Crippen LogP contribution in [0.3, 0.4) is 0 Å². The van der Waals surface area contributed by atoms with Crippen molar-refractivity contribution in [2.75, 3.05) is 18.0 Å². The van der Waals surface area contributed by atoms with E-state index in [1.165, 1.54) is 40.1 Å². The van der Waals surface area contributed by atoms with Crippen molar-refractivity contribution in [2.24, 2.45) is 5.92 Å². The minimum Gasteiger partial charge on any atom is -0.371 e. The van der Waals surface area contributed by atoms with E-state index in [4.69, 9.17) is 0 Å². The van der Waals surface area contributed by atoms with Gasteiger partial charge in [0.15, 0.2) is 0 Å². The highest BCUT2D eigenvalue weighted by Crippen LogP contribution is 2.37. The largest absolute Gasteiger partial charge is 0.393 e. The van der Waals surface area contributed by atoms with Crippen LogP contribution in [0.25, 0.3) is 21.5 Å². The Morgan fingerprint density at radius 1 is 0.821 bits per heavy atom. The molecule has 0 radical (unpaired) electrons. The molecule has 146 valence electrons. The Morgan fingerprint density at radius 2 is 1.61 bits per heavy atom. The van der Waals surface area contributed by atoms with E-state index < -0.39 is 12.1 Å². The van der Waals surface area contributed by atoms with Gasteiger partial charge in [-0.15, -0.1) is 0 Å². The lowest BCUT2D eigenvalue weighted by atomic mass is 9.86. The molecular formula is C24H24F3N. The van der Waals surface area contributed by atoms with Crippen LogP contribution in [0.2, 0.25) is 0 Å². The maximum atomic E-state index is 13.2. The van der Waals surface area contributed by atoms with Crippen molar-refractivity contribution < 1.29 is 13.2 Å². The Kier molecular flexibility index (Phi) is 4.26. The first-order valence-electron chi connectivity index (χ1n) is 10.3. The molecule has 5 rings (SSSR count). The molecule has 0 spiro atoms. The Bertz CT molecular complexity index is 1040. The Labute approximate surface area is 163 Å². The van der Waals surface area contributed by atoms with E-state index in [1.54, 1.807) is 0 Å². The number of piperidine rings is 1.